The van der Waals surface area contributed by atoms with Crippen molar-refractivity contribution in [2.24, 2.45) is 0 Å². The van der Waals surface area contributed by atoms with Crippen molar-refractivity contribution in [1.82, 2.24) is 19.8 Å². The third kappa shape index (κ3) is 7.10. The first-order chi connectivity index (χ1) is 22.5. The van der Waals surface area contributed by atoms with E-state index < -0.39 is 0 Å². The number of aromatic nitrogens is 2. The first-order valence-corrected chi connectivity index (χ1v) is 17.3. The van der Waals surface area contributed by atoms with Crippen LogP contribution in [-0.4, -0.2) is 46.7 Å². The van der Waals surface area contributed by atoms with Crippen LogP contribution < -0.4 is 21.1 Å². The maximum absolute atomic E-state index is 13.3. The van der Waals surface area contributed by atoms with Crippen LogP contribution in [0, 0.1) is 13.8 Å². The summed E-state index contributed by atoms with van der Waals surface area (Å²) in [7, 11) is 0. The number of piperidine rings is 1. The molecule has 1 aromatic carbocycles. The van der Waals surface area contributed by atoms with Crippen molar-refractivity contribution in [3.05, 3.63) is 87.8 Å². The molecule has 0 unspecified atom stereocenters. The Hall–Kier alpha value is -3.82. The molecule has 1 aliphatic carbocycles. The van der Waals surface area contributed by atoms with E-state index in [1.807, 2.05) is 36.7 Å². The number of hydrogen-bond donors (Lipinski definition) is 2. The van der Waals surface area contributed by atoms with Gasteiger partial charge in [0.05, 0.1) is 11.9 Å². The molecule has 3 aliphatic rings. The lowest BCUT2D eigenvalue weighted by molar-refractivity contribution is 0.132. The van der Waals surface area contributed by atoms with Crippen LogP contribution in [0.2, 0.25) is 0 Å². The number of aryl methyl sites for hydroxylation is 4. The second-order valence-corrected chi connectivity index (χ2v) is 13.4. The molecule has 9 nitrogen and oxygen atoms in total. The number of hydrogen-bond acceptors (Lipinski definition) is 8. The number of nitrogens with one attached hydrogen (secondary N) is 2. The van der Waals surface area contributed by atoms with E-state index in [1.165, 1.54) is 5.56 Å². The highest BCUT2D eigenvalue weighted by atomic mass is 16.5. The minimum Gasteiger partial charge on any atom is -0.466 e. The fourth-order valence-corrected chi connectivity index (χ4v) is 7.60. The molecule has 0 atom stereocenters. The molecule has 0 radical (unpaired) electrons. The molecule has 1 saturated carbocycles. The molecule has 0 amide bonds. The fourth-order valence-electron chi connectivity index (χ4n) is 7.60. The summed E-state index contributed by atoms with van der Waals surface area (Å²) >= 11 is 0. The van der Waals surface area contributed by atoms with Crippen LogP contribution in [0.4, 0.5) is 11.5 Å². The summed E-state index contributed by atoms with van der Waals surface area (Å²) in [5, 5.41) is 6.83. The van der Waals surface area contributed by atoms with E-state index in [0.29, 0.717) is 23.5 Å². The molecule has 1 saturated heterocycles. The smallest absolute Gasteiger partial charge is 0.350 e. The van der Waals surface area contributed by atoms with Gasteiger partial charge in [-0.15, -0.1) is 0 Å². The molecule has 0 bridgehead atoms. The molecule has 46 heavy (non-hydrogen) atoms. The number of nitrogens with zero attached hydrogens (tertiary/aromatic N) is 3. The van der Waals surface area contributed by atoms with Crippen molar-refractivity contribution in [2.75, 3.05) is 31.5 Å². The number of rotatable bonds is 11. The zero-order valence-corrected chi connectivity index (χ0v) is 27.2. The highest BCUT2D eigenvalue weighted by Crippen LogP contribution is 2.43. The monoisotopic (exact) mass is 625 g/mol. The Morgan fingerprint density at radius 1 is 0.848 bits per heavy atom. The van der Waals surface area contributed by atoms with E-state index in [1.54, 1.807) is 0 Å². The van der Waals surface area contributed by atoms with Gasteiger partial charge in [-0.05, 0) is 139 Å². The van der Waals surface area contributed by atoms with Crippen LogP contribution in [0.15, 0.2) is 62.3 Å². The summed E-state index contributed by atoms with van der Waals surface area (Å²) in [6.07, 6.45) is 12.2. The van der Waals surface area contributed by atoms with Gasteiger partial charge in [0, 0.05) is 24.9 Å². The highest BCUT2D eigenvalue weighted by Gasteiger charge is 2.29. The van der Waals surface area contributed by atoms with Gasteiger partial charge < -0.3 is 29.1 Å². The quantitative estimate of drug-likeness (QED) is 0.157. The number of fused-ring (bicyclic) bond motifs is 2. The molecule has 4 aromatic rings. The maximum Gasteiger partial charge on any atom is 0.350 e. The highest BCUT2D eigenvalue weighted by molar-refractivity contribution is 5.73. The number of ether oxygens (including phenoxy) is 1. The van der Waals surface area contributed by atoms with Crippen LogP contribution in [0.1, 0.15) is 91.9 Å². The van der Waals surface area contributed by atoms with Crippen LogP contribution in [0.3, 0.4) is 0 Å². The average Bonchev–Trinajstić information content (AvgIpc) is 3.70. The number of anilines is 2. The minimum absolute atomic E-state index is 0.118. The third-order valence-electron chi connectivity index (χ3n) is 10.1. The molecule has 2 N–H and O–H groups in total. The summed E-state index contributed by atoms with van der Waals surface area (Å²) in [6.45, 7) is 8.16. The summed E-state index contributed by atoms with van der Waals surface area (Å²) in [6, 6.07) is 15.3. The van der Waals surface area contributed by atoms with Gasteiger partial charge in [-0.2, -0.15) is 4.98 Å². The molecule has 244 valence electrons. The molecular formula is C37H47N5O4. The van der Waals surface area contributed by atoms with Crippen LogP contribution >= 0.6 is 0 Å². The predicted octanol–water partition coefficient (Wildman–Crippen LogP) is 7.41. The first-order valence-electron chi connectivity index (χ1n) is 17.3. The lowest BCUT2D eigenvalue weighted by Crippen LogP contribution is -2.41. The van der Waals surface area contributed by atoms with Crippen LogP contribution in [-0.2, 0) is 12.8 Å². The summed E-state index contributed by atoms with van der Waals surface area (Å²) in [5.41, 5.74) is 1.99. The van der Waals surface area contributed by atoms with Crippen molar-refractivity contribution in [2.45, 2.75) is 96.1 Å². The Bertz CT molecular complexity index is 1630. The van der Waals surface area contributed by atoms with E-state index in [-0.39, 0.29) is 11.7 Å². The van der Waals surface area contributed by atoms with Crippen LogP contribution in [0.5, 0.6) is 11.5 Å². The Kier molecular flexibility index (Phi) is 9.31. The molecule has 9 heteroatoms. The topological polar surface area (TPSA) is 97.7 Å². The molecule has 0 spiro atoms. The van der Waals surface area contributed by atoms with Gasteiger partial charge in [-0.3, -0.25) is 4.57 Å². The van der Waals surface area contributed by atoms with E-state index in [2.05, 4.69) is 50.8 Å². The average molecular weight is 626 g/mol. The van der Waals surface area contributed by atoms with Gasteiger partial charge in [-0.1, -0.05) is 6.07 Å². The normalized spacial score (nSPS) is 19.8. The standard InChI is InChI=1S/C37H47N5O4/c1-25-7-14-31(44-25)5-3-21-41(22-4-6-32-15-8-26(2)45-32)29-10-12-30(13-11-29)42-24-35-36(40-37(42)43)39-33-23-28(9-16-34(33)46-35)27-17-19-38-20-18-27/h7-9,14-16,23-24,27,29-30,38H,3-6,10-13,17-22H2,1-2H3,(H,39,40,43)/t29-,30-. The zero-order valence-electron chi connectivity index (χ0n) is 27.2. The van der Waals surface area contributed by atoms with E-state index >= 15 is 0 Å². The van der Waals surface area contributed by atoms with Crippen molar-refractivity contribution in [3.63, 3.8) is 0 Å². The Morgan fingerprint density at radius 3 is 2.15 bits per heavy atom. The molecule has 2 aliphatic heterocycles. The Morgan fingerprint density at radius 2 is 1.52 bits per heavy atom. The summed E-state index contributed by atoms with van der Waals surface area (Å²) in [5.74, 6) is 6.52. The fraction of sp³-hybridized carbons (Fsp3) is 0.514. The minimum atomic E-state index is -0.212. The second kappa shape index (κ2) is 13.9. The Labute approximate surface area is 271 Å². The largest absolute Gasteiger partial charge is 0.466 e. The van der Waals surface area contributed by atoms with E-state index in [4.69, 9.17) is 13.6 Å². The van der Waals surface area contributed by atoms with Crippen molar-refractivity contribution in [1.29, 1.82) is 0 Å². The predicted molar refractivity (Wildman–Crippen MR) is 180 cm³/mol. The molecule has 7 rings (SSSR count). The number of furan rings is 2. The Balaban J connectivity index is 0.985. The number of benzene rings is 1. The lowest BCUT2D eigenvalue weighted by atomic mass is 9.89. The maximum atomic E-state index is 13.3. The van der Waals surface area contributed by atoms with E-state index in [9.17, 15) is 4.79 Å². The first kappa shape index (κ1) is 30.8. The van der Waals surface area contributed by atoms with Gasteiger partial charge >= 0.3 is 5.69 Å². The molecular weight excluding hydrogens is 578 g/mol. The molecule has 3 aromatic heterocycles. The molecule has 5 heterocycles. The van der Waals surface area contributed by atoms with Gasteiger partial charge in [0.1, 0.15) is 23.0 Å². The van der Waals surface area contributed by atoms with Gasteiger partial charge in [0.2, 0.25) is 0 Å². The third-order valence-corrected chi connectivity index (χ3v) is 10.1. The van der Waals surface area contributed by atoms with Crippen molar-refractivity contribution < 1.29 is 13.6 Å². The lowest BCUT2D eigenvalue weighted by Gasteiger charge is -2.37. The van der Waals surface area contributed by atoms with Crippen molar-refractivity contribution in [3.8, 4) is 11.5 Å². The SMILES string of the molecule is Cc1ccc(CCCN(CCCc2ccc(C)o2)[C@H]2CC[C@H](n3cc4c(nc3=O)Nc3cc(C5CCNCC5)ccc3O4)CC2)o1. The van der Waals surface area contributed by atoms with Crippen molar-refractivity contribution >= 4 is 11.5 Å². The summed E-state index contributed by atoms with van der Waals surface area (Å²) in [4.78, 5) is 20.4. The summed E-state index contributed by atoms with van der Waals surface area (Å²) < 4.78 is 19.8. The zero-order chi connectivity index (χ0) is 31.5. The van der Waals surface area contributed by atoms with Gasteiger partial charge in [-0.25, -0.2) is 4.79 Å². The van der Waals surface area contributed by atoms with Gasteiger partial charge in [0.15, 0.2) is 17.3 Å². The second-order valence-electron chi connectivity index (χ2n) is 13.4. The van der Waals surface area contributed by atoms with Gasteiger partial charge in [0.25, 0.3) is 0 Å². The molecule has 2 fully saturated rings. The van der Waals surface area contributed by atoms with E-state index in [0.717, 1.165) is 125 Å². The van der Waals surface area contributed by atoms with Crippen LogP contribution in [0.25, 0.3) is 0 Å².